The Morgan fingerprint density at radius 2 is 1.86 bits per heavy atom. The lowest BCUT2D eigenvalue weighted by molar-refractivity contribution is 0.104. The Morgan fingerprint density at radius 3 is 2.57 bits per heavy atom. The fraction of sp³-hybridized carbons (Fsp3) is 0.0625. The molecule has 0 bridgehead atoms. The second-order valence-corrected chi connectivity index (χ2v) is 5.43. The highest BCUT2D eigenvalue weighted by Crippen LogP contribution is 2.27. The third-order valence-electron chi connectivity index (χ3n) is 3.52. The average molecular weight is 300 g/mol. The van der Waals surface area contributed by atoms with Crippen LogP contribution in [0.1, 0.15) is 15.9 Å². The van der Waals surface area contributed by atoms with E-state index in [4.69, 9.17) is 23.1 Å². The summed E-state index contributed by atoms with van der Waals surface area (Å²) < 4.78 is 1.88. The number of nitrogens with two attached hydrogens (primary N) is 2. The van der Waals surface area contributed by atoms with E-state index in [1.54, 1.807) is 30.5 Å². The minimum atomic E-state index is -0.125. The number of fused-ring (bicyclic) bond motifs is 1. The van der Waals surface area contributed by atoms with Gasteiger partial charge in [0.25, 0.3) is 0 Å². The number of nitrogens with zero attached hydrogens (tertiary/aromatic N) is 1. The van der Waals surface area contributed by atoms with Crippen LogP contribution < -0.4 is 11.5 Å². The monoisotopic (exact) mass is 299 g/mol. The van der Waals surface area contributed by atoms with Crippen LogP contribution in [0.4, 0.5) is 11.4 Å². The maximum Gasteiger partial charge on any atom is 0.197 e. The topological polar surface area (TPSA) is 74.0 Å². The number of aromatic nitrogens is 1. The number of rotatable bonds is 2. The van der Waals surface area contributed by atoms with Crippen molar-refractivity contribution in [2.45, 2.75) is 0 Å². The van der Waals surface area contributed by atoms with Crippen molar-refractivity contribution in [1.29, 1.82) is 0 Å². The van der Waals surface area contributed by atoms with Crippen LogP contribution in [0.3, 0.4) is 0 Å². The molecule has 0 spiro atoms. The van der Waals surface area contributed by atoms with E-state index >= 15 is 0 Å². The van der Waals surface area contributed by atoms with Gasteiger partial charge in [-0.15, -0.1) is 0 Å². The van der Waals surface area contributed by atoms with Crippen LogP contribution in [-0.2, 0) is 7.05 Å². The number of carbonyl (C=O) groups is 1. The highest BCUT2D eigenvalue weighted by molar-refractivity contribution is 6.31. The number of hydrogen-bond acceptors (Lipinski definition) is 3. The lowest BCUT2D eigenvalue weighted by Crippen LogP contribution is -2.05. The number of nitrogen functional groups attached to an aromatic ring is 2. The van der Waals surface area contributed by atoms with Crippen LogP contribution in [0, 0.1) is 0 Å². The maximum atomic E-state index is 12.7. The van der Waals surface area contributed by atoms with Crippen LogP contribution in [0.2, 0.25) is 5.02 Å². The second kappa shape index (κ2) is 4.82. The first-order valence-corrected chi connectivity index (χ1v) is 6.79. The summed E-state index contributed by atoms with van der Waals surface area (Å²) in [6.45, 7) is 0. The van der Waals surface area contributed by atoms with Crippen molar-refractivity contribution < 1.29 is 4.79 Å². The fourth-order valence-corrected chi connectivity index (χ4v) is 2.64. The van der Waals surface area contributed by atoms with Gasteiger partial charge in [0, 0.05) is 51.7 Å². The van der Waals surface area contributed by atoms with E-state index in [0.717, 1.165) is 10.9 Å². The largest absolute Gasteiger partial charge is 0.399 e. The number of ketones is 1. The predicted molar refractivity (Wildman–Crippen MR) is 86.6 cm³/mol. The Bertz CT molecular complexity index is 867. The van der Waals surface area contributed by atoms with Gasteiger partial charge in [-0.2, -0.15) is 0 Å². The fourth-order valence-electron chi connectivity index (χ4n) is 2.47. The molecule has 106 valence electrons. The van der Waals surface area contributed by atoms with Gasteiger partial charge in [0.1, 0.15) is 0 Å². The number of carbonyl (C=O) groups excluding carboxylic acids is 1. The van der Waals surface area contributed by atoms with E-state index < -0.39 is 0 Å². The zero-order valence-electron chi connectivity index (χ0n) is 11.4. The van der Waals surface area contributed by atoms with Gasteiger partial charge >= 0.3 is 0 Å². The third kappa shape index (κ3) is 2.23. The summed E-state index contributed by atoms with van der Waals surface area (Å²) in [7, 11) is 1.88. The van der Waals surface area contributed by atoms with Gasteiger partial charge in [-0.1, -0.05) is 17.7 Å². The second-order valence-electron chi connectivity index (χ2n) is 4.99. The van der Waals surface area contributed by atoms with Crippen molar-refractivity contribution in [3.8, 4) is 0 Å². The first-order valence-electron chi connectivity index (χ1n) is 6.41. The van der Waals surface area contributed by atoms with Crippen LogP contribution in [0.5, 0.6) is 0 Å². The van der Waals surface area contributed by atoms with Crippen molar-refractivity contribution in [2.24, 2.45) is 7.05 Å². The lowest BCUT2D eigenvalue weighted by atomic mass is 10.0. The van der Waals surface area contributed by atoms with Gasteiger partial charge in [0.05, 0.1) is 0 Å². The van der Waals surface area contributed by atoms with Crippen molar-refractivity contribution >= 4 is 39.7 Å². The van der Waals surface area contributed by atoms with Crippen molar-refractivity contribution in [1.82, 2.24) is 4.57 Å². The molecule has 1 heterocycles. The zero-order chi connectivity index (χ0) is 15.1. The summed E-state index contributed by atoms with van der Waals surface area (Å²) in [5.41, 5.74) is 14.4. The number of halogens is 1. The standard InChI is InChI=1S/C16H14ClN3O/c1-20-8-13(11-4-2-9(17)6-15(11)20)16(21)12-5-3-10(18)7-14(12)19/h2-8H,18-19H2,1H3. The maximum absolute atomic E-state index is 12.7. The SMILES string of the molecule is Cn1cc(C(=O)c2ccc(N)cc2N)c2ccc(Cl)cc21. The first kappa shape index (κ1) is 13.5. The molecule has 0 aliphatic rings. The van der Waals surface area contributed by atoms with E-state index in [2.05, 4.69) is 0 Å². The summed E-state index contributed by atoms with van der Waals surface area (Å²) in [6.07, 6.45) is 1.79. The summed E-state index contributed by atoms with van der Waals surface area (Å²) in [6, 6.07) is 10.4. The van der Waals surface area contributed by atoms with Crippen molar-refractivity contribution in [3.05, 3.63) is 58.7 Å². The van der Waals surface area contributed by atoms with Crippen LogP contribution in [0.25, 0.3) is 10.9 Å². The van der Waals surface area contributed by atoms with Gasteiger partial charge < -0.3 is 16.0 Å². The Morgan fingerprint density at radius 1 is 1.10 bits per heavy atom. The van der Waals surface area contributed by atoms with E-state index in [1.165, 1.54) is 0 Å². The predicted octanol–water partition coefficient (Wildman–Crippen LogP) is 3.23. The van der Waals surface area contributed by atoms with E-state index in [9.17, 15) is 4.79 Å². The molecule has 0 aliphatic carbocycles. The van der Waals surface area contributed by atoms with Gasteiger partial charge in [-0.25, -0.2) is 0 Å². The molecule has 0 fully saturated rings. The molecule has 2 aromatic carbocycles. The molecule has 0 saturated heterocycles. The Balaban J connectivity index is 2.18. The van der Waals surface area contributed by atoms with Crippen LogP contribution in [0.15, 0.2) is 42.6 Å². The van der Waals surface area contributed by atoms with Gasteiger partial charge in [-0.3, -0.25) is 4.79 Å². The van der Waals surface area contributed by atoms with E-state index in [-0.39, 0.29) is 5.78 Å². The molecule has 4 nitrogen and oxygen atoms in total. The Hall–Kier alpha value is -2.46. The molecule has 21 heavy (non-hydrogen) atoms. The number of benzene rings is 2. The Kier molecular flexibility index (Phi) is 3.11. The lowest BCUT2D eigenvalue weighted by Gasteiger charge is -2.05. The summed E-state index contributed by atoms with van der Waals surface area (Å²) >= 11 is 6.01. The molecular weight excluding hydrogens is 286 g/mol. The molecule has 0 saturated carbocycles. The molecule has 0 amide bonds. The van der Waals surface area contributed by atoms with Crippen molar-refractivity contribution in [2.75, 3.05) is 11.5 Å². The average Bonchev–Trinajstić information content (AvgIpc) is 2.75. The quantitative estimate of drug-likeness (QED) is 0.563. The molecule has 1 aromatic heterocycles. The minimum Gasteiger partial charge on any atom is -0.399 e. The molecule has 5 heteroatoms. The molecule has 0 aliphatic heterocycles. The van der Waals surface area contributed by atoms with E-state index in [1.807, 2.05) is 23.7 Å². The number of hydrogen-bond donors (Lipinski definition) is 2. The zero-order valence-corrected chi connectivity index (χ0v) is 12.2. The van der Waals surface area contributed by atoms with Crippen molar-refractivity contribution in [3.63, 3.8) is 0 Å². The van der Waals surface area contributed by atoms with Gasteiger partial charge in [-0.05, 0) is 30.3 Å². The summed E-state index contributed by atoms with van der Waals surface area (Å²) in [5.74, 6) is -0.125. The molecular formula is C16H14ClN3O. The van der Waals surface area contributed by atoms with Crippen LogP contribution >= 0.6 is 11.6 Å². The summed E-state index contributed by atoms with van der Waals surface area (Å²) in [4.78, 5) is 12.7. The highest BCUT2D eigenvalue weighted by Gasteiger charge is 2.18. The third-order valence-corrected chi connectivity index (χ3v) is 3.75. The normalized spacial score (nSPS) is 11.0. The molecule has 4 N–H and O–H groups in total. The molecule has 0 unspecified atom stereocenters. The minimum absolute atomic E-state index is 0.125. The van der Waals surface area contributed by atoms with Gasteiger partial charge in [0.2, 0.25) is 0 Å². The van der Waals surface area contributed by atoms with Crippen LogP contribution in [-0.4, -0.2) is 10.4 Å². The highest BCUT2D eigenvalue weighted by atomic mass is 35.5. The smallest absolute Gasteiger partial charge is 0.197 e. The Labute approximate surface area is 126 Å². The summed E-state index contributed by atoms with van der Waals surface area (Å²) in [5, 5.41) is 1.48. The van der Waals surface area contributed by atoms with Gasteiger partial charge in [0.15, 0.2) is 5.78 Å². The number of anilines is 2. The molecule has 0 atom stereocenters. The molecule has 0 radical (unpaired) electrons. The molecule has 3 rings (SSSR count). The molecule has 3 aromatic rings. The first-order chi connectivity index (χ1) is 9.97. The number of aryl methyl sites for hydroxylation is 1. The van der Waals surface area contributed by atoms with E-state index in [0.29, 0.717) is 27.5 Å².